The summed E-state index contributed by atoms with van der Waals surface area (Å²) in [6.07, 6.45) is 6.57. The Bertz CT molecular complexity index is 1160. The van der Waals surface area contributed by atoms with Gasteiger partial charge in [-0.25, -0.2) is 9.98 Å². The number of thiazole rings is 1. The minimum atomic E-state index is 0.630. The molecule has 0 aliphatic heterocycles. The first-order valence-corrected chi connectivity index (χ1v) is 10.9. The van der Waals surface area contributed by atoms with E-state index in [-0.39, 0.29) is 0 Å². The van der Waals surface area contributed by atoms with Gasteiger partial charge in [0, 0.05) is 41.4 Å². The maximum absolute atomic E-state index is 6.50. The van der Waals surface area contributed by atoms with Crippen molar-refractivity contribution in [3.8, 4) is 11.3 Å². The summed E-state index contributed by atoms with van der Waals surface area (Å²) in [5.74, 6) is 0. The quantitative estimate of drug-likeness (QED) is 0.342. The molecule has 29 heavy (non-hydrogen) atoms. The number of halogens is 2. The fourth-order valence-electron chi connectivity index (χ4n) is 3.11. The first-order valence-electron chi connectivity index (χ1n) is 9.31. The number of hydrogen-bond donors (Lipinski definition) is 0. The van der Waals surface area contributed by atoms with Gasteiger partial charge in [-0.3, -0.25) is 0 Å². The highest BCUT2D eigenvalue weighted by atomic mass is 35.5. The molecule has 4 nitrogen and oxygen atoms in total. The molecular weight excluding hydrogens is 423 g/mol. The monoisotopic (exact) mass is 442 g/mol. The normalized spacial score (nSPS) is 11.9. The highest BCUT2D eigenvalue weighted by Gasteiger charge is 2.12. The van der Waals surface area contributed by atoms with Crippen LogP contribution in [0.15, 0.2) is 71.6 Å². The van der Waals surface area contributed by atoms with Gasteiger partial charge in [-0.1, -0.05) is 40.9 Å². The third-order valence-corrected chi connectivity index (χ3v) is 6.03. The molecule has 0 aliphatic rings. The molecule has 2 aromatic carbocycles. The Labute approximate surface area is 183 Å². The highest BCUT2D eigenvalue weighted by Crippen LogP contribution is 2.31. The average Bonchev–Trinajstić information content (AvgIpc) is 3.35. The van der Waals surface area contributed by atoms with Crippen molar-refractivity contribution < 1.29 is 0 Å². The van der Waals surface area contributed by atoms with Crippen molar-refractivity contribution >= 4 is 40.2 Å². The molecule has 0 saturated carbocycles. The lowest BCUT2D eigenvalue weighted by Crippen LogP contribution is -2.17. The molecule has 2 aromatic heterocycles. The predicted molar refractivity (Wildman–Crippen MR) is 121 cm³/mol. The average molecular weight is 443 g/mol. The van der Waals surface area contributed by atoms with Crippen molar-refractivity contribution in [2.24, 2.45) is 4.99 Å². The van der Waals surface area contributed by atoms with Gasteiger partial charge in [-0.2, -0.15) is 0 Å². The molecule has 7 heteroatoms. The molecule has 0 atom stereocenters. The number of benzene rings is 2. The second-order valence-electron chi connectivity index (χ2n) is 6.78. The van der Waals surface area contributed by atoms with Gasteiger partial charge in [0.15, 0.2) is 4.80 Å². The number of aryl methyl sites for hydroxylation is 2. The molecule has 0 unspecified atom stereocenters. The van der Waals surface area contributed by atoms with Crippen LogP contribution in [0.5, 0.6) is 0 Å². The number of nitrogens with zero attached hydrogens (tertiary/aromatic N) is 4. The van der Waals surface area contributed by atoms with Gasteiger partial charge in [0.2, 0.25) is 0 Å². The molecule has 0 radical (unpaired) electrons. The van der Waals surface area contributed by atoms with Crippen LogP contribution in [-0.2, 0) is 13.1 Å². The van der Waals surface area contributed by atoms with E-state index in [2.05, 4.69) is 38.6 Å². The zero-order valence-corrected chi connectivity index (χ0v) is 18.3. The summed E-state index contributed by atoms with van der Waals surface area (Å²) in [5.41, 5.74) is 4.17. The molecule has 2 heterocycles. The number of rotatable bonds is 6. The van der Waals surface area contributed by atoms with Crippen LogP contribution in [0.2, 0.25) is 10.0 Å². The summed E-state index contributed by atoms with van der Waals surface area (Å²) in [6, 6.07) is 13.9. The van der Waals surface area contributed by atoms with Crippen LogP contribution < -0.4 is 4.80 Å². The number of aromatic nitrogens is 3. The number of hydrogen-bond acceptors (Lipinski definition) is 3. The van der Waals surface area contributed by atoms with E-state index in [4.69, 9.17) is 28.2 Å². The van der Waals surface area contributed by atoms with E-state index in [1.165, 1.54) is 5.56 Å². The smallest absolute Gasteiger partial charge is 0.190 e. The first-order chi connectivity index (χ1) is 14.1. The lowest BCUT2D eigenvalue weighted by molar-refractivity contribution is 0.559. The topological polar surface area (TPSA) is 35.1 Å². The molecule has 148 valence electrons. The summed E-state index contributed by atoms with van der Waals surface area (Å²) in [5, 5.41) is 3.38. The lowest BCUT2D eigenvalue weighted by atomic mass is 10.1. The predicted octanol–water partition coefficient (Wildman–Crippen LogP) is 6.35. The second kappa shape index (κ2) is 8.99. The van der Waals surface area contributed by atoms with Crippen molar-refractivity contribution in [3.05, 3.63) is 87.0 Å². The maximum Gasteiger partial charge on any atom is 0.190 e. The van der Waals surface area contributed by atoms with Crippen LogP contribution in [0.4, 0.5) is 5.69 Å². The van der Waals surface area contributed by atoms with Crippen molar-refractivity contribution in [1.82, 2.24) is 14.1 Å². The molecule has 0 bridgehead atoms. The number of imidazole rings is 1. The Morgan fingerprint density at radius 2 is 1.90 bits per heavy atom. The van der Waals surface area contributed by atoms with Gasteiger partial charge in [-0.05, 0) is 43.7 Å². The lowest BCUT2D eigenvalue weighted by Gasteiger charge is -2.11. The van der Waals surface area contributed by atoms with Gasteiger partial charge >= 0.3 is 0 Å². The zero-order valence-electron chi connectivity index (χ0n) is 15.9. The van der Waals surface area contributed by atoms with Gasteiger partial charge in [0.1, 0.15) is 0 Å². The molecule has 0 spiro atoms. The van der Waals surface area contributed by atoms with E-state index in [0.717, 1.165) is 41.3 Å². The van der Waals surface area contributed by atoms with Gasteiger partial charge in [0.25, 0.3) is 0 Å². The first kappa shape index (κ1) is 20.0. The molecule has 0 N–H and O–H groups in total. The van der Waals surface area contributed by atoms with E-state index >= 15 is 0 Å². The summed E-state index contributed by atoms with van der Waals surface area (Å²) in [7, 11) is 0. The van der Waals surface area contributed by atoms with Crippen molar-refractivity contribution in [3.63, 3.8) is 0 Å². The largest absolute Gasteiger partial charge is 0.337 e. The minimum Gasteiger partial charge on any atom is -0.337 e. The van der Waals surface area contributed by atoms with Crippen molar-refractivity contribution in [2.75, 3.05) is 0 Å². The molecule has 4 aromatic rings. The van der Waals surface area contributed by atoms with E-state index in [0.29, 0.717) is 10.0 Å². The fraction of sp³-hybridized carbons (Fsp3) is 0.182. The van der Waals surface area contributed by atoms with Crippen LogP contribution in [-0.4, -0.2) is 14.1 Å². The summed E-state index contributed by atoms with van der Waals surface area (Å²) in [4.78, 5) is 9.94. The van der Waals surface area contributed by atoms with E-state index in [1.807, 2.05) is 36.8 Å². The van der Waals surface area contributed by atoms with Crippen molar-refractivity contribution in [2.45, 2.75) is 26.4 Å². The summed E-state index contributed by atoms with van der Waals surface area (Å²) in [6.45, 7) is 3.78. The molecule has 0 amide bonds. The van der Waals surface area contributed by atoms with Crippen LogP contribution in [0, 0.1) is 6.92 Å². The van der Waals surface area contributed by atoms with E-state index in [1.54, 1.807) is 23.6 Å². The maximum atomic E-state index is 6.50. The summed E-state index contributed by atoms with van der Waals surface area (Å²) < 4.78 is 4.31. The minimum absolute atomic E-state index is 0.630. The highest BCUT2D eigenvalue weighted by molar-refractivity contribution is 7.07. The molecule has 0 saturated heterocycles. The third-order valence-electron chi connectivity index (χ3n) is 4.62. The van der Waals surface area contributed by atoms with Crippen LogP contribution in [0.3, 0.4) is 0 Å². The second-order valence-corrected chi connectivity index (χ2v) is 8.46. The van der Waals surface area contributed by atoms with Crippen molar-refractivity contribution in [1.29, 1.82) is 0 Å². The third kappa shape index (κ3) is 4.81. The Morgan fingerprint density at radius 1 is 1.07 bits per heavy atom. The standard InChI is InChI=1S/C22H20Cl2N4S/c1-16-3-6-18(7-4-16)26-22-28(11-2-10-27-12-9-25-15-27)21(14-29-22)19-8-5-17(23)13-20(19)24/h3-9,12-15H,2,10-11H2,1H3. The van der Waals surface area contributed by atoms with Gasteiger partial charge in [-0.15, -0.1) is 11.3 Å². The molecular formula is C22H20Cl2N4S. The summed E-state index contributed by atoms with van der Waals surface area (Å²) >= 11 is 14.2. The zero-order chi connectivity index (χ0) is 20.2. The molecule has 4 rings (SSSR count). The van der Waals surface area contributed by atoms with Crippen LogP contribution in [0.1, 0.15) is 12.0 Å². The Morgan fingerprint density at radius 3 is 2.62 bits per heavy atom. The SMILES string of the molecule is Cc1ccc(N=c2scc(-c3ccc(Cl)cc3Cl)n2CCCn2ccnc2)cc1. The van der Waals surface area contributed by atoms with E-state index in [9.17, 15) is 0 Å². The Hall–Kier alpha value is -2.34. The van der Waals surface area contributed by atoms with Gasteiger partial charge < -0.3 is 9.13 Å². The fourth-order valence-corrected chi connectivity index (χ4v) is 4.56. The van der Waals surface area contributed by atoms with E-state index < -0.39 is 0 Å². The molecule has 0 aliphatic carbocycles. The Kier molecular flexibility index (Phi) is 6.19. The van der Waals surface area contributed by atoms with Crippen LogP contribution in [0.25, 0.3) is 11.3 Å². The van der Waals surface area contributed by atoms with Gasteiger partial charge in [0.05, 0.1) is 22.7 Å². The molecule has 0 fully saturated rings. The van der Waals surface area contributed by atoms with Crippen LogP contribution >= 0.6 is 34.5 Å². The Balaban J connectivity index is 1.72.